The fraction of sp³-hybridized carbons (Fsp3) is 0.333. The van der Waals surface area contributed by atoms with Gasteiger partial charge in [-0.15, -0.1) is 0 Å². The third-order valence-electron chi connectivity index (χ3n) is 2.94. The summed E-state index contributed by atoms with van der Waals surface area (Å²) in [5.74, 6) is 0.693. The highest BCUT2D eigenvalue weighted by molar-refractivity contribution is 5.97. The largest absolute Gasteiger partial charge is 0.441 e. The van der Waals surface area contributed by atoms with Crippen LogP contribution in [0.5, 0.6) is 0 Å². The van der Waals surface area contributed by atoms with E-state index in [-0.39, 0.29) is 11.9 Å². The Balaban J connectivity index is 2.03. The van der Waals surface area contributed by atoms with Crippen molar-refractivity contribution in [2.75, 3.05) is 11.4 Å². The molecule has 1 amide bonds. The highest BCUT2D eigenvalue weighted by atomic mass is 16.3. The van der Waals surface area contributed by atoms with Crippen LogP contribution in [0.3, 0.4) is 0 Å². The molecule has 2 heterocycles. The van der Waals surface area contributed by atoms with Gasteiger partial charge < -0.3 is 15.1 Å². The van der Waals surface area contributed by atoms with Crippen molar-refractivity contribution in [2.24, 2.45) is 5.73 Å². The molecule has 1 saturated heterocycles. The number of rotatable bonds is 1. The molecule has 1 fully saturated rings. The lowest BCUT2D eigenvalue weighted by Gasteiger charge is -2.15. The number of anilines is 1. The molecule has 0 radical (unpaired) electrons. The number of nitrogens with zero attached hydrogens (tertiary/aromatic N) is 2. The van der Waals surface area contributed by atoms with Crippen LogP contribution in [-0.2, 0) is 4.79 Å². The van der Waals surface area contributed by atoms with E-state index < -0.39 is 0 Å². The minimum atomic E-state index is -0.0720. The van der Waals surface area contributed by atoms with E-state index in [1.54, 1.807) is 11.8 Å². The maximum atomic E-state index is 11.7. The molecule has 0 bridgehead atoms. The topological polar surface area (TPSA) is 72.4 Å². The Kier molecular flexibility index (Phi) is 2.16. The number of hydrogen-bond acceptors (Lipinski definition) is 4. The van der Waals surface area contributed by atoms with E-state index in [9.17, 15) is 4.79 Å². The van der Waals surface area contributed by atoms with E-state index in [0.29, 0.717) is 18.9 Å². The van der Waals surface area contributed by atoms with Gasteiger partial charge in [0.05, 0.1) is 0 Å². The summed E-state index contributed by atoms with van der Waals surface area (Å²) in [6, 6.07) is 5.49. The van der Waals surface area contributed by atoms with E-state index in [2.05, 4.69) is 4.98 Å². The van der Waals surface area contributed by atoms with Gasteiger partial charge in [0.25, 0.3) is 0 Å². The van der Waals surface area contributed by atoms with Gasteiger partial charge in [0, 0.05) is 31.6 Å². The van der Waals surface area contributed by atoms with Gasteiger partial charge in [-0.3, -0.25) is 4.79 Å². The number of benzene rings is 1. The summed E-state index contributed by atoms with van der Waals surface area (Å²) in [5, 5.41) is 0. The summed E-state index contributed by atoms with van der Waals surface area (Å²) in [6.07, 6.45) is 0.413. The lowest BCUT2D eigenvalue weighted by Crippen LogP contribution is -2.27. The number of oxazole rings is 1. The molecule has 5 heteroatoms. The summed E-state index contributed by atoms with van der Waals surface area (Å²) in [7, 11) is 0. The minimum Gasteiger partial charge on any atom is -0.441 e. The van der Waals surface area contributed by atoms with Crippen molar-refractivity contribution in [2.45, 2.75) is 19.4 Å². The number of aryl methyl sites for hydroxylation is 1. The zero-order valence-electron chi connectivity index (χ0n) is 9.51. The van der Waals surface area contributed by atoms with E-state index in [1.165, 1.54) is 0 Å². The van der Waals surface area contributed by atoms with E-state index >= 15 is 0 Å². The van der Waals surface area contributed by atoms with Gasteiger partial charge in [0.2, 0.25) is 5.91 Å². The first-order valence-electron chi connectivity index (χ1n) is 5.56. The first-order chi connectivity index (χ1) is 8.13. The van der Waals surface area contributed by atoms with Crippen molar-refractivity contribution in [1.82, 2.24) is 4.98 Å². The third kappa shape index (κ3) is 1.68. The highest BCUT2D eigenvalue weighted by Gasteiger charge is 2.28. The predicted molar refractivity (Wildman–Crippen MR) is 63.7 cm³/mol. The summed E-state index contributed by atoms with van der Waals surface area (Å²) in [4.78, 5) is 17.7. The molecule has 88 valence electrons. The molecule has 17 heavy (non-hydrogen) atoms. The van der Waals surface area contributed by atoms with Crippen molar-refractivity contribution >= 4 is 22.7 Å². The summed E-state index contributed by atoms with van der Waals surface area (Å²) in [6.45, 7) is 2.37. The zero-order valence-corrected chi connectivity index (χ0v) is 9.51. The van der Waals surface area contributed by atoms with Crippen LogP contribution in [0.4, 0.5) is 5.69 Å². The minimum absolute atomic E-state index is 0.0667. The first kappa shape index (κ1) is 10.3. The van der Waals surface area contributed by atoms with Crippen LogP contribution >= 0.6 is 0 Å². The average Bonchev–Trinajstić information content (AvgIpc) is 2.78. The number of nitrogens with two attached hydrogens (primary N) is 1. The lowest BCUT2D eigenvalue weighted by molar-refractivity contribution is -0.117. The number of carbonyl (C=O) groups is 1. The Hall–Kier alpha value is -1.88. The molecule has 0 aliphatic carbocycles. The van der Waals surface area contributed by atoms with E-state index in [1.807, 2.05) is 18.2 Å². The molecule has 1 aromatic carbocycles. The van der Waals surface area contributed by atoms with Crippen LogP contribution in [0, 0.1) is 6.92 Å². The Labute approximate surface area is 98.2 Å². The second-order valence-corrected chi connectivity index (χ2v) is 4.35. The van der Waals surface area contributed by atoms with Crippen LogP contribution in [0.1, 0.15) is 12.3 Å². The number of amides is 1. The van der Waals surface area contributed by atoms with Gasteiger partial charge in [0.15, 0.2) is 11.5 Å². The van der Waals surface area contributed by atoms with Gasteiger partial charge in [-0.05, 0) is 18.2 Å². The molecule has 2 N–H and O–H groups in total. The number of carbonyl (C=O) groups excluding carboxylic acids is 1. The second kappa shape index (κ2) is 3.56. The summed E-state index contributed by atoms with van der Waals surface area (Å²) >= 11 is 0. The Morgan fingerprint density at radius 1 is 1.53 bits per heavy atom. The standard InChI is InChI=1S/C12H13N3O2/c1-7-14-10-5-9(2-3-11(10)17-7)15-6-8(13)4-12(15)16/h2-3,5,8H,4,6,13H2,1H3. The SMILES string of the molecule is Cc1nc2cc(N3CC(N)CC3=O)ccc2o1. The molecule has 0 spiro atoms. The second-order valence-electron chi connectivity index (χ2n) is 4.35. The predicted octanol–water partition coefficient (Wildman–Crippen LogP) is 1.20. The Bertz CT molecular complexity index is 590. The quantitative estimate of drug-likeness (QED) is 0.800. The van der Waals surface area contributed by atoms with Gasteiger partial charge in [-0.2, -0.15) is 0 Å². The molecular weight excluding hydrogens is 218 g/mol. The van der Waals surface area contributed by atoms with Gasteiger partial charge >= 0.3 is 0 Å². The summed E-state index contributed by atoms with van der Waals surface area (Å²) in [5.41, 5.74) is 8.12. The molecule has 1 aromatic heterocycles. The molecule has 0 saturated carbocycles. The first-order valence-corrected chi connectivity index (χ1v) is 5.56. The molecule has 5 nitrogen and oxygen atoms in total. The normalized spacial score (nSPS) is 20.5. The number of fused-ring (bicyclic) bond motifs is 1. The molecule has 2 aromatic rings. The van der Waals surface area contributed by atoms with Crippen LogP contribution in [0.2, 0.25) is 0 Å². The number of aromatic nitrogens is 1. The fourth-order valence-electron chi connectivity index (χ4n) is 2.18. The number of hydrogen-bond donors (Lipinski definition) is 1. The van der Waals surface area contributed by atoms with Crippen molar-refractivity contribution in [3.63, 3.8) is 0 Å². The van der Waals surface area contributed by atoms with Crippen molar-refractivity contribution in [3.05, 3.63) is 24.1 Å². The van der Waals surface area contributed by atoms with Gasteiger partial charge in [-0.25, -0.2) is 4.98 Å². The van der Waals surface area contributed by atoms with Crippen LogP contribution < -0.4 is 10.6 Å². The van der Waals surface area contributed by atoms with Crippen molar-refractivity contribution < 1.29 is 9.21 Å². The average molecular weight is 231 g/mol. The highest BCUT2D eigenvalue weighted by Crippen LogP contribution is 2.25. The smallest absolute Gasteiger partial charge is 0.228 e. The molecular formula is C12H13N3O2. The molecule has 1 atom stereocenters. The molecule has 1 unspecified atom stereocenters. The maximum Gasteiger partial charge on any atom is 0.228 e. The summed E-state index contributed by atoms with van der Waals surface area (Å²) < 4.78 is 5.39. The van der Waals surface area contributed by atoms with E-state index in [4.69, 9.17) is 10.2 Å². The fourth-order valence-corrected chi connectivity index (χ4v) is 2.18. The molecule has 3 rings (SSSR count). The third-order valence-corrected chi connectivity index (χ3v) is 2.94. The molecule has 1 aliphatic rings. The van der Waals surface area contributed by atoms with Crippen molar-refractivity contribution in [3.8, 4) is 0 Å². The van der Waals surface area contributed by atoms with Crippen LogP contribution in [-0.4, -0.2) is 23.5 Å². The zero-order chi connectivity index (χ0) is 12.0. The van der Waals surface area contributed by atoms with Gasteiger partial charge in [-0.1, -0.05) is 0 Å². The van der Waals surface area contributed by atoms with Gasteiger partial charge in [0.1, 0.15) is 5.52 Å². The Morgan fingerprint density at radius 2 is 2.35 bits per heavy atom. The maximum absolute atomic E-state index is 11.7. The Morgan fingerprint density at radius 3 is 3.06 bits per heavy atom. The van der Waals surface area contributed by atoms with Crippen LogP contribution in [0.25, 0.3) is 11.1 Å². The van der Waals surface area contributed by atoms with Crippen LogP contribution in [0.15, 0.2) is 22.6 Å². The van der Waals surface area contributed by atoms with Crippen molar-refractivity contribution in [1.29, 1.82) is 0 Å². The lowest BCUT2D eigenvalue weighted by atomic mass is 10.2. The molecule has 1 aliphatic heterocycles. The monoisotopic (exact) mass is 231 g/mol. The van der Waals surface area contributed by atoms with E-state index in [0.717, 1.165) is 16.8 Å².